The van der Waals surface area contributed by atoms with Crippen LogP contribution in [-0.4, -0.2) is 65.4 Å². The first-order valence-corrected chi connectivity index (χ1v) is 11.8. The molecule has 0 bridgehead atoms. The van der Waals surface area contributed by atoms with Crippen molar-refractivity contribution in [3.63, 3.8) is 0 Å². The van der Waals surface area contributed by atoms with Crippen molar-refractivity contribution < 1.29 is 18.3 Å². The molecule has 0 unspecified atom stereocenters. The van der Waals surface area contributed by atoms with Crippen LogP contribution in [-0.2, 0) is 9.53 Å². The number of pyridine rings is 1. The van der Waals surface area contributed by atoms with E-state index in [9.17, 15) is 13.6 Å². The summed E-state index contributed by atoms with van der Waals surface area (Å²) in [5, 5.41) is 12.7. The molecule has 2 fully saturated rings. The topological polar surface area (TPSA) is 83.5 Å². The van der Waals surface area contributed by atoms with Crippen molar-refractivity contribution in [2.24, 2.45) is 5.92 Å². The summed E-state index contributed by atoms with van der Waals surface area (Å²) in [5.41, 5.74) is 3.11. The van der Waals surface area contributed by atoms with Gasteiger partial charge >= 0.3 is 0 Å². The van der Waals surface area contributed by atoms with Gasteiger partial charge in [0.15, 0.2) is 5.82 Å². The van der Waals surface area contributed by atoms with Crippen molar-refractivity contribution in [1.82, 2.24) is 20.1 Å². The first-order chi connectivity index (χ1) is 16.9. The predicted molar refractivity (Wildman–Crippen MR) is 129 cm³/mol. The zero-order valence-electron chi connectivity index (χ0n) is 19.7. The van der Waals surface area contributed by atoms with E-state index in [0.717, 1.165) is 22.2 Å². The summed E-state index contributed by atoms with van der Waals surface area (Å²) in [4.78, 5) is 21.3. The summed E-state index contributed by atoms with van der Waals surface area (Å²) in [7, 11) is 0. The molecule has 0 saturated carbocycles. The van der Waals surface area contributed by atoms with Gasteiger partial charge in [0.25, 0.3) is 6.43 Å². The van der Waals surface area contributed by atoms with E-state index in [1.165, 1.54) is 12.1 Å². The molecule has 0 spiro atoms. The summed E-state index contributed by atoms with van der Waals surface area (Å²) in [6.07, 6.45) is -0.695. The minimum atomic E-state index is -2.52. The summed E-state index contributed by atoms with van der Waals surface area (Å²) >= 11 is 0. The summed E-state index contributed by atoms with van der Waals surface area (Å²) < 4.78 is 31.5. The van der Waals surface area contributed by atoms with Crippen molar-refractivity contribution in [2.45, 2.75) is 26.3 Å². The molecule has 8 nitrogen and oxygen atoms in total. The van der Waals surface area contributed by atoms with Crippen LogP contribution < -0.4 is 10.2 Å². The van der Waals surface area contributed by atoms with Gasteiger partial charge in [0.05, 0.1) is 48.3 Å². The number of aromatic nitrogens is 3. The van der Waals surface area contributed by atoms with Gasteiger partial charge in [-0.15, -0.1) is 5.10 Å². The van der Waals surface area contributed by atoms with Crippen LogP contribution in [0.2, 0.25) is 0 Å². The van der Waals surface area contributed by atoms with E-state index < -0.39 is 6.43 Å². The van der Waals surface area contributed by atoms with E-state index in [0.29, 0.717) is 50.9 Å². The van der Waals surface area contributed by atoms with Crippen LogP contribution in [0.1, 0.15) is 36.2 Å². The molecule has 1 aromatic carbocycles. The minimum absolute atomic E-state index is 0.00226. The Balaban J connectivity index is 1.36. The summed E-state index contributed by atoms with van der Waals surface area (Å²) in [5.74, 6) is 0.728. The number of benzene rings is 1. The third kappa shape index (κ3) is 4.75. The number of nitrogens with zero attached hydrogens (tertiary/aromatic N) is 5. The number of amides is 1. The van der Waals surface area contributed by atoms with Crippen molar-refractivity contribution in [3.05, 3.63) is 53.3 Å². The van der Waals surface area contributed by atoms with E-state index in [4.69, 9.17) is 4.74 Å². The molecule has 0 aliphatic carbocycles. The van der Waals surface area contributed by atoms with Crippen molar-refractivity contribution >= 4 is 28.3 Å². The molecule has 10 heteroatoms. The number of ether oxygens (including phenoxy) is 1. The Hall–Kier alpha value is -3.40. The number of carbonyl (C=O) groups excluding carboxylic acids is 1. The van der Waals surface area contributed by atoms with E-state index in [-0.39, 0.29) is 23.4 Å². The highest BCUT2D eigenvalue weighted by atomic mass is 19.3. The van der Waals surface area contributed by atoms with Crippen LogP contribution in [0.5, 0.6) is 0 Å². The van der Waals surface area contributed by atoms with Crippen molar-refractivity contribution in [1.29, 1.82) is 0 Å². The number of alkyl halides is 2. The first kappa shape index (κ1) is 23.3. The average molecular weight is 483 g/mol. The SMILES string of the molecule is Cc1nnc(N[C@H](C)c2cccc(C(F)F)c2)c2cc(N3CCN(C(=O)C4COC4)CC3)cnc12. The molecule has 184 valence electrons. The fourth-order valence-electron chi connectivity index (χ4n) is 4.50. The number of nitrogens with one attached hydrogen (secondary N) is 1. The maximum atomic E-state index is 13.2. The largest absolute Gasteiger partial charge is 0.380 e. The molecule has 2 saturated heterocycles. The quantitative estimate of drug-likeness (QED) is 0.573. The molecule has 1 amide bonds. The second-order valence-corrected chi connectivity index (χ2v) is 9.11. The molecule has 2 aliphatic heterocycles. The van der Waals surface area contributed by atoms with Crippen LogP contribution in [0, 0.1) is 12.8 Å². The second-order valence-electron chi connectivity index (χ2n) is 9.11. The predicted octanol–water partition coefficient (Wildman–Crippen LogP) is 3.74. The molecule has 4 heterocycles. The molecule has 2 aromatic heterocycles. The number of carbonyl (C=O) groups is 1. The van der Waals surface area contributed by atoms with Gasteiger partial charge in [-0.05, 0) is 31.5 Å². The standard InChI is InChI=1S/C25H28F2N6O2/c1-15(17-4-3-5-18(10-17)23(26)27)29-24-21-11-20(12-28-22(21)16(2)30-31-24)32-6-8-33(9-7-32)25(34)19-13-35-14-19/h3-5,10-12,15,19,23H,6-9,13-14H2,1-2H3,(H,29,31)/t15-/m1/s1. The Bertz CT molecular complexity index is 1230. The molecule has 0 radical (unpaired) electrons. The van der Waals surface area contributed by atoms with Gasteiger partial charge < -0.3 is 19.9 Å². The van der Waals surface area contributed by atoms with E-state index in [1.807, 2.05) is 37.1 Å². The van der Waals surface area contributed by atoms with Crippen LogP contribution >= 0.6 is 0 Å². The van der Waals surface area contributed by atoms with Gasteiger partial charge in [0, 0.05) is 37.1 Å². The maximum Gasteiger partial charge on any atom is 0.263 e. The van der Waals surface area contributed by atoms with Gasteiger partial charge in [-0.25, -0.2) is 8.78 Å². The number of fused-ring (bicyclic) bond motifs is 1. The summed E-state index contributed by atoms with van der Waals surface area (Å²) in [6, 6.07) is 8.15. The zero-order chi connectivity index (χ0) is 24.5. The smallest absolute Gasteiger partial charge is 0.263 e. The van der Waals surface area contributed by atoms with Crippen LogP contribution in [0.15, 0.2) is 36.5 Å². The number of hydrogen-bond donors (Lipinski definition) is 1. The highest BCUT2D eigenvalue weighted by Gasteiger charge is 2.32. The molecular formula is C25H28F2N6O2. The number of aryl methyl sites for hydroxylation is 1. The van der Waals surface area contributed by atoms with Gasteiger partial charge in [-0.3, -0.25) is 9.78 Å². The van der Waals surface area contributed by atoms with Gasteiger partial charge in [-0.1, -0.05) is 18.2 Å². The Labute approximate surface area is 202 Å². The Morgan fingerprint density at radius 3 is 2.54 bits per heavy atom. The van der Waals surface area contributed by atoms with Crippen LogP contribution in [0.3, 0.4) is 0 Å². The lowest BCUT2D eigenvalue weighted by Gasteiger charge is -2.39. The van der Waals surface area contributed by atoms with Crippen molar-refractivity contribution in [3.8, 4) is 0 Å². The zero-order valence-corrected chi connectivity index (χ0v) is 19.7. The maximum absolute atomic E-state index is 13.2. The third-order valence-electron chi connectivity index (χ3n) is 6.73. The lowest BCUT2D eigenvalue weighted by molar-refractivity contribution is -0.150. The normalized spacial score (nSPS) is 17.5. The van der Waals surface area contributed by atoms with Crippen LogP contribution in [0.25, 0.3) is 10.9 Å². The minimum Gasteiger partial charge on any atom is -0.380 e. The Morgan fingerprint density at radius 2 is 1.86 bits per heavy atom. The number of piperazine rings is 1. The monoisotopic (exact) mass is 482 g/mol. The lowest BCUT2D eigenvalue weighted by atomic mass is 10.0. The van der Waals surface area contributed by atoms with Gasteiger partial charge in [0.2, 0.25) is 5.91 Å². The Kier molecular flexibility index (Phi) is 6.46. The fraction of sp³-hybridized carbons (Fsp3) is 0.440. The molecule has 1 N–H and O–H groups in total. The fourth-order valence-corrected chi connectivity index (χ4v) is 4.50. The lowest BCUT2D eigenvalue weighted by Crippen LogP contribution is -2.53. The molecule has 2 aliphatic rings. The van der Waals surface area contributed by atoms with E-state index >= 15 is 0 Å². The number of anilines is 2. The van der Waals surface area contributed by atoms with E-state index in [1.54, 1.807) is 6.07 Å². The highest BCUT2D eigenvalue weighted by molar-refractivity contribution is 5.92. The van der Waals surface area contributed by atoms with Gasteiger partial charge in [-0.2, -0.15) is 5.10 Å². The second kappa shape index (κ2) is 9.69. The van der Waals surface area contributed by atoms with E-state index in [2.05, 4.69) is 25.4 Å². The Morgan fingerprint density at radius 1 is 1.11 bits per heavy atom. The number of halogens is 2. The number of rotatable bonds is 6. The molecular weight excluding hydrogens is 454 g/mol. The number of hydrogen-bond acceptors (Lipinski definition) is 7. The molecule has 1 atom stereocenters. The van der Waals surface area contributed by atoms with Crippen molar-refractivity contribution in [2.75, 3.05) is 49.6 Å². The third-order valence-corrected chi connectivity index (χ3v) is 6.73. The molecule has 5 rings (SSSR count). The summed E-state index contributed by atoms with van der Waals surface area (Å²) in [6.45, 7) is 7.54. The molecule has 3 aromatic rings. The van der Waals surface area contributed by atoms with Gasteiger partial charge in [0.1, 0.15) is 0 Å². The molecule has 35 heavy (non-hydrogen) atoms. The first-order valence-electron chi connectivity index (χ1n) is 11.8. The van der Waals surface area contributed by atoms with Crippen LogP contribution in [0.4, 0.5) is 20.3 Å². The highest BCUT2D eigenvalue weighted by Crippen LogP contribution is 2.30. The average Bonchev–Trinajstić information content (AvgIpc) is 2.84.